The number of rotatable bonds is 3. The first kappa shape index (κ1) is 9.25. The van der Waals surface area contributed by atoms with Crippen LogP contribution in [0.4, 0.5) is 0 Å². The van der Waals surface area contributed by atoms with Gasteiger partial charge >= 0.3 is 0 Å². The van der Waals surface area contributed by atoms with Crippen molar-refractivity contribution in [1.29, 1.82) is 0 Å². The minimum atomic E-state index is -0.137. The first-order chi connectivity index (χ1) is 6.81. The summed E-state index contributed by atoms with van der Waals surface area (Å²) in [4.78, 5) is 0. The molecule has 6 nitrogen and oxygen atoms in total. The van der Waals surface area contributed by atoms with Gasteiger partial charge in [0.15, 0.2) is 0 Å². The summed E-state index contributed by atoms with van der Waals surface area (Å²) in [6.07, 6.45) is 5.34. The van der Waals surface area contributed by atoms with E-state index in [-0.39, 0.29) is 6.04 Å². The first-order valence-electron chi connectivity index (χ1n) is 4.03. The Labute approximate surface area is 85.0 Å². The number of nitrogens with one attached hydrogen (secondary N) is 1. The van der Waals surface area contributed by atoms with Gasteiger partial charge in [-0.2, -0.15) is 13.8 Å². The molecule has 2 heterocycles. The molecule has 14 heavy (non-hydrogen) atoms. The van der Waals surface area contributed by atoms with Crippen LogP contribution in [0, 0.1) is 0 Å². The van der Waals surface area contributed by atoms with Crippen LogP contribution in [0.5, 0.6) is 0 Å². The quantitative estimate of drug-likeness (QED) is 0.542. The van der Waals surface area contributed by atoms with Crippen molar-refractivity contribution >= 4 is 11.7 Å². The van der Waals surface area contributed by atoms with Gasteiger partial charge < -0.3 is 0 Å². The summed E-state index contributed by atoms with van der Waals surface area (Å²) in [6, 6.07) is -0.137. The predicted molar refractivity (Wildman–Crippen MR) is 52.3 cm³/mol. The molecule has 0 aliphatic heterocycles. The molecule has 0 radical (unpaired) electrons. The number of aryl methyl sites for hydroxylation is 1. The van der Waals surface area contributed by atoms with Crippen molar-refractivity contribution in [3.8, 4) is 0 Å². The van der Waals surface area contributed by atoms with Crippen LogP contribution in [0.3, 0.4) is 0 Å². The number of hydrogen-bond donors (Lipinski definition) is 2. The van der Waals surface area contributed by atoms with E-state index in [1.54, 1.807) is 17.1 Å². The minimum Gasteiger partial charge on any atom is -0.275 e. The predicted octanol–water partition coefficient (Wildman–Crippen LogP) is -0.176. The summed E-state index contributed by atoms with van der Waals surface area (Å²) >= 11 is 1.16. The van der Waals surface area contributed by atoms with Crippen molar-refractivity contribution in [1.82, 2.24) is 24.0 Å². The highest BCUT2D eigenvalue weighted by Gasteiger charge is 2.16. The summed E-state index contributed by atoms with van der Waals surface area (Å²) in [7, 11) is 1.86. The van der Waals surface area contributed by atoms with Gasteiger partial charge in [0.05, 0.1) is 35.9 Å². The third kappa shape index (κ3) is 1.65. The average molecular weight is 210 g/mol. The van der Waals surface area contributed by atoms with Crippen molar-refractivity contribution in [2.75, 3.05) is 0 Å². The lowest BCUT2D eigenvalue weighted by Crippen LogP contribution is -2.28. The van der Waals surface area contributed by atoms with Crippen LogP contribution < -0.4 is 11.3 Å². The van der Waals surface area contributed by atoms with Crippen LogP contribution in [0.15, 0.2) is 18.6 Å². The second-order valence-corrected chi connectivity index (χ2v) is 3.44. The fraction of sp³-hybridized carbons (Fsp3) is 0.286. The Hall–Kier alpha value is -1.31. The number of hydrogen-bond acceptors (Lipinski definition) is 6. The van der Waals surface area contributed by atoms with E-state index < -0.39 is 0 Å². The van der Waals surface area contributed by atoms with Gasteiger partial charge in [0.1, 0.15) is 0 Å². The monoisotopic (exact) mass is 210 g/mol. The van der Waals surface area contributed by atoms with E-state index in [2.05, 4.69) is 19.3 Å². The molecule has 2 aromatic heterocycles. The molecule has 1 unspecified atom stereocenters. The second kappa shape index (κ2) is 3.82. The molecule has 0 saturated carbocycles. The van der Waals surface area contributed by atoms with Gasteiger partial charge in [0, 0.05) is 18.8 Å². The van der Waals surface area contributed by atoms with E-state index in [1.807, 2.05) is 13.2 Å². The molecule has 0 amide bonds. The van der Waals surface area contributed by atoms with Crippen LogP contribution in [0.25, 0.3) is 0 Å². The smallest absolute Gasteiger partial charge is 0.0971 e. The molecule has 1 atom stereocenters. The van der Waals surface area contributed by atoms with E-state index in [1.165, 1.54) is 0 Å². The van der Waals surface area contributed by atoms with Crippen molar-refractivity contribution in [3.05, 3.63) is 29.8 Å². The molecule has 7 heteroatoms. The van der Waals surface area contributed by atoms with Gasteiger partial charge in [-0.25, -0.2) is 5.43 Å². The Balaban J connectivity index is 2.31. The Morgan fingerprint density at radius 2 is 2.43 bits per heavy atom. The maximum Gasteiger partial charge on any atom is 0.0971 e. The van der Waals surface area contributed by atoms with Crippen LogP contribution in [0.2, 0.25) is 0 Å². The molecular formula is C7H10N6S. The van der Waals surface area contributed by atoms with Crippen LogP contribution in [0.1, 0.15) is 17.3 Å². The highest BCUT2D eigenvalue weighted by molar-refractivity contribution is 6.99. The average Bonchev–Trinajstić information content (AvgIpc) is 2.79. The molecule has 74 valence electrons. The molecule has 2 aromatic rings. The maximum absolute atomic E-state index is 5.46. The third-order valence-electron chi connectivity index (χ3n) is 1.90. The van der Waals surface area contributed by atoms with E-state index in [0.717, 1.165) is 23.0 Å². The summed E-state index contributed by atoms with van der Waals surface area (Å²) in [6.45, 7) is 0. The van der Waals surface area contributed by atoms with E-state index in [9.17, 15) is 0 Å². The SMILES string of the molecule is Cn1cc(C(NN)c2cnsn2)cn1. The topological polar surface area (TPSA) is 81.7 Å². The highest BCUT2D eigenvalue weighted by atomic mass is 32.1. The van der Waals surface area contributed by atoms with Crippen molar-refractivity contribution in [2.24, 2.45) is 12.9 Å². The van der Waals surface area contributed by atoms with Gasteiger partial charge in [0.2, 0.25) is 0 Å². The molecule has 0 fully saturated rings. The summed E-state index contributed by atoms with van der Waals surface area (Å²) in [5, 5.41) is 4.07. The molecule has 3 N–H and O–H groups in total. The fourth-order valence-electron chi connectivity index (χ4n) is 1.24. The molecule has 0 spiro atoms. The summed E-state index contributed by atoms with van der Waals surface area (Å²) in [5.41, 5.74) is 4.47. The van der Waals surface area contributed by atoms with E-state index >= 15 is 0 Å². The van der Waals surface area contributed by atoms with Crippen LogP contribution in [-0.4, -0.2) is 18.5 Å². The van der Waals surface area contributed by atoms with Gasteiger partial charge in [-0.15, -0.1) is 0 Å². The Kier molecular flexibility index (Phi) is 2.53. The van der Waals surface area contributed by atoms with E-state index in [0.29, 0.717) is 0 Å². The van der Waals surface area contributed by atoms with Gasteiger partial charge in [-0.1, -0.05) is 0 Å². The Morgan fingerprint density at radius 1 is 1.57 bits per heavy atom. The number of nitrogens with zero attached hydrogens (tertiary/aromatic N) is 4. The largest absolute Gasteiger partial charge is 0.275 e. The summed E-state index contributed by atoms with van der Waals surface area (Å²) < 4.78 is 9.78. The lowest BCUT2D eigenvalue weighted by Gasteiger charge is -2.09. The lowest BCUT2D eigenvalue weighted by molar-refractivity contribution is 0.624. The van der Waals surface area contributed by atoms with Crippen molar-refractivity contribution in [2.45, 2.75) is 6.04 Å². The van der Waals surface area contributed by atoms with Crippen molar-refractivity contribution in [3.63, 3.8) is 0 Å². The highest BCUT2D eigenvalue weighted by Crippen LogP contribution is 2.18. The fourth-order valence-corrected chi connectivity index (χ4v) is 1.69. The van der Waals surface area contributed by atoms with Gasteiger partial charge in [0.25, 0.3) is 0 Å². The standard InChI is InChI=1S/C7H10N6S/c1-13-4-5(2-9-13)7(11-8)6-3-10-14-12-6/h2-4,7,11H,8H2,1H3. The Bertz CT molecular complexity index is 394. The molecule has 2 rings (SSSR count). The molecule has 0 aromatic carbocycles. The van der Waals surface area contributed by atoms with Crippen LogP contribution >= 0.6 is 11.7 Å². The maximum atomic E-state index is 5.46. The lowest BCUT2D eigenvalue weighted by atomic mass is 10.1. The molecule has 0 aliphatic rings. The molecule has 0 bridgehead atoms. The molecule has 0 saturated heterocycles. The zero-order valence-corrected chi connectivity index (χ0v) is 8.40. The first-order valence-corrected chi connectivity index (χ1v) is 4.76. The normalized spacial score (nSPS) is 13.0. The molecule has 0 aliphatic carbocycles. The van der Waals surface area contributed by atoms with Gasteiger partial charge in [-0.05, 0) is 0 Å². The van der Waals surface area contributed by atoms with Crippen molar-refractivity contribution < 1.29 is 0 Å². The van der Waals surface area contributed by atoms with Crippen LogP contribution in [-0.2, 0) is 7.05 Å². The zero-order chi connectivity index (χ0) is 9.97. The number of aromatic nitrogens is 4. The molecular weight excluding hydrogens is 200 g/mol. The number of hydrazine groups is 1. The minimum absolute atomic E-state index is 0.137. The number of nitrogens with two attached hydrogens (primary N) is 1. The second-order valence-electron chi connectivity index (χ2n) is 2.88. The Morgan fingerprint density at radius 3 is 2.93 bits per heavy atom. The summed E-state index contributed by atoms with van der Waals surface area (Å²) in [5.74, 6) is 5.46. The van der Waals surface area contributed by atoms with Gasteiger partial charge in [-0.3, -0.25) is 10.5 Å². The zero-order valence-electron chi connectivity index (χ0n) is 7.58. The van der Waals surface area contributed by atoms with E-state index in [4.69, 9.17) is 5.84 Å². The third-order valence-corrected chi connectivity index (χ3v) is 2.39.